The normalized spacial score (nSPS) is 19.8. The number of likely N-dealkylation sites (N-methyl/N-ethyl adjacent to an activating group) is 1. The van der Waals surface area contributed by atoms with E-state index < -0.39 is 6.04 Å². The molecule has 4 nitrogen and oxygen atoms in total. The highest BCUT2D eigenvalue weighted by Crippen LogP contribution is 2.21. The molecule has 0 saturated heterocycles. The van der Waals surface area contributed by atoms with E-state index in [0.29, 0.717) is 19.2 Å². The van der Waals surface area contributed by atoms with Gasteiger partial charge in [-0.25, -0.2) is 0 Å². The first-order chi connectivity index (χ1) is 7.65. The molecule has 94 valence electrons. The number of rotatable bonds is 5. The molecule has 0 bridgehead atoms. The van der Waals surface area contributed by atoms with Gasteiger partial charge in [0, 0.05) is 12.6 Å². The Morgan fingerprint density at radius 3 is 2.62 bits per heavy atom. The summed E-state index contributed by atoms with van der Waals surface area (Å²) in [7, 11) is 2.05. The van der Waals surface area contributed by atoms with Gasteiger partial charge >= 0.3 is 5.97 Å². The lowest BCUT2D eigenvalue weighted by Crippen LogP contribution is -2.46. The minimum absolute atomic E-state index is 0.287. The molecule has 2 N–H and O–H groups in total. The second-order valence-corrected chi connectivity index (χ2v) is 4.59. The van der Waals surface area contributed by atoms with Crippen molar-refractivity contribution in [2.45, 2.75) is 51.1 Å². The standard InChI is InChI=1S/C12H24N2O2/c1-3-16-12(15)11(13)9-14(2)10-7-5-4-6-8-10/h10-11H,3-9,13H2,1-2H3. The predicted molar refractivity (Wildman–Crippen MR) is 64.1 cm³/mol. The molecule has 0 aliphatic heterocycles. The molecule has 0 heterocycles. The molecule has 0 aromatic carbocycles. The second-order valence-electron chi connectivity index (χ2n) is 4.59. The predicted octanol–water partition coefficient (Wildman–Crippen LogP) is 1.14. The van der Waals surface area contributed by atoms with Crippen molar-refractivity contribution in [2.24, 2.45) is 5.73 Å². The molecule has 1 fully saturated rings. The fraction of sp³-hybridized carbons (Fsp3) is 0.917. The lowest BCUT2D eigenvalue weighted by atomic mass is 9.94. The van der Waals surface area contributed by atoms with Crippen molar-refractivity contribution >= 4 is 5.97 Å². The maximum atomic E-state index is 11.4. The van der Waals surface area contributed by atoms with Crippen LogP contribution in [0.25, 0.3) is 0 Å². The van der Waals surface area contributed by atoms with Crippen LogP contribution in [0.15, 0.2) is 0 Å². The SMILES string of the molecule is CCOC(=O)C(N)CN(C)C1CCCCC1. The lowest BCUT2D eigenvalue weighted by Gasteiger charge is -2.32. The van der Waals surface area contributed by atoms with Gasteiger partial charge in [-0.05, 0) is 26.8 Å². The van der Waals surface area contributed by atoms with Crippen molar-refractivity contribution in [3.8, 4) is 0 Å². The third-order valence-corrected chi connectivity index (χ3v) is 3.27. The van der Waals surface area contributed by atoms with Gasteiger partial charge in [0.2, 0.25) is 0 Å². The van der Waals surface area contributed by atoms with Gasteiger partial charge in [0.05, 0.1) is 6.61 Å². The second kappa shape index (κ2) is 6.86. The molecular formula is C12H24N2O2. The first-order valence-electron chi connectivity index (χ1n) is 6.27. The van der Waals surface area contributed by atoms with Crippen LogP contribution in [0.1, 0.15) is 39.0 Å². The van der Waals surface area contributed by atoms with Crippen molar-refractivity contribution in [3.05, 3.63) is 0 Å². The average Bonchev–Trinajstić information content (AvgIpc) is 2.30. The Bertz CT molecular complexity index is 215. The Hall–Kier alpha value is -0.610. The smallest absolute Gasteiger partial charge is 0.324 e. The van der Waals surface area contributed by atoms with Crippen LogP contribution in [-0.4, -0.2) is 43.2 Å². The number of ether oxygens (including phenoxy) is 1. The quantitative estimate of drug-likeness (QED) is 0.717. The van der Waals surface area contributed by atoms with E-state index in [4.69, 9.17) is 10.5 Å². The van der Waals surface area contributed by atoms with Gasteiger partial charge in [0.15, 0.2) is 0 Å². The molecule has 1 atom stereocenters. The zero-order valence-electron chi connectivity index (χ0n) is 10.4. The van der Waals surface area contributed by atoms with Crippen LogP contribution in [0.3, 0.4) is 0 Å². The molecule has 0 aromatic rings. The van der Waals surface area contributed by atoms with Crippen molar-refractivity contribution in [1.29, 1.82) is 0 Å². The van der Waals surface area contributed by atoms with E-state index >= 15 is 0 Å². The van der Waals surface area contributed by atoms with Gasteiger partial charge in [-0.1, -0.05) is 19.3 Å². The number of hydrogen-bond acceptors (Lipinski definition) is 4. The third kappa shape index (κ3) is 4.10. The monoisotopic (exact) mass is 228 g/mol. The Morgan fingerprint density at radius 1 is 1.44 bits per heavy atom. The molecule has 0 radical (unpaired) electrons. The third-order valence-electron chi connectivity index (χ3n) is 3.27. The first kappa shape index (κ1) is 13.5. The highest BCUT2D eigenvalue weighted by atomic mass is 16.5. The zero-order valence-corrected chi connectivity index (χ0v) is 10.4. The summed E-state index contributed by atoms with van der Waals surface area (Å²) in [5.74, 6) is -0.287. The molecule has 1 unspecified atom stereocenters. The van der Waals surface area contributed by atoms with Gasteiger partial charge < -0.3 is 15.4 Å². The van der Waals surface area contributed by atoms with E-state index in [1.165, 1.54) is 32.1 Å². The minimum atomic E-state index is -0.508. The van der Waals surface area contributed by atoms with Crippen LogP contribution in [0.2, 0.25) is 0 Å². The molecule has 1 saturated carbocycles. The lowest BCUT2D eigenvalue weighted by molar-refractivity contribution is -0.145. The van der Waals surface area contributed by atoms with E-state index in [0.717, 1.165) is 0 Å². The summed E-state index contributed by atoms with van der Waals surface area (Å²) < 4.78 is 4.90. The Kier molecular flexibility index (Phi) is 5.77. The molecule has 1 aliphatic rings. The molecule has 16 heavy (non-hydrogen) atoms. The van der Waals surface area contributed by atoms with Gasteiger partial charge in [-0.15, -0.1) is 0 Å². The summed E-state index contributed by atoms with van der Waals surface area (Å²) in [5.41, 5.74) is 5.79. The van der Waals surface area contributed by atoms with E-state index in [2.05, 4.69) is 11.9 Å². The van der Waals surface area contributed by atoms with Crippen LogP contribution < -0.4 is 5.73 Å². The van der Waals surface area contributed by atoms with E-state index in [-0.39, 0.29) is 5.97 Å². The minimum Gasteiger partial charge on any atom is -0.465 e. The van der Waals surface area contributed by atoms with E-state index in [1.807, 2.05) is 0 Å². The van der Waals surface area contributed by atoms with Crippen LogP contribution in [0, 0.1) is 0 Å². The number of carbonyl (C=O) groups is 1. The van der Waals surface area contributed by atoms with Gasteiger partial charge in [0.25, 0.3) is 0 Å². The summed E-state index contributed by atoms with van der Waals surface area (Å²) in [6.07, 6.45) is 6.39. The number of esters is 1. The molecule has 1 rings (SSSR count). The maximum Gasteiger partial charge on any atom is 0.324 e. The van der Waals surface area contributed by atoms with Crippen LogP contribution in [0.5, 0.6) is 0 Å². The Morgan fingerprint density at radius 2 is 2.06 bits per heavy atom. The molecular weight excluding hydrogens is 204 g/mol. The highest BCUT2D eigenvalue weighted by Gasteiger charge is 2.22. The molecule has 1 aliphatic carbocycles. The fourth-order valence-corrected chi connectivity index (χ4v) is 2.30. The molecule has 4 heteroatoms. The fourth-order valence-electron chi connectivity index (χ4n) is 2.30. The number of nitrogens with zero attached hydrogens (tertiary/aromatic N) is 1. The van der Waals surface area contributed by atoms with Crippen LogP contribution >= 0.6 is 0 Å². The van der Waals surface area contributed by atoms with Crippen molar-refractivity contribution in [2.75, 3.05) is 20.2 Å². The van der Waals surface area contributed by atoms with Crippen molar-refractivity contribution < 1.29 is 9.53 Å². The Balaban J connectivity index is 2.31. The topological polar surface area (TPSA) is 55.6 Å². The first-order valence-corrected chi connectivity index (χ1v) is 6.27. The molecule has 0 amide bonds. The maximum absolute atomic E-state index is 11.4. The summed E-state index contributed by atoms with van der Waals surface area (Å²) >= 11 is 0. The summed E-state index contributed by atoms with van der Waals surface area (Å²) in [5, 5.41) is 0. The number of carbonyl (C=O) groups excluding carboxylic acids is 1. The number of hydrogen-bond donors (Lipinski definition) is 1. The highest BCUT2D eigenvalue weighted by molar-refractivity contribution is 5.75. The van der Waals surface area contributed by atoms with Crippen molar-refractivity contribution in [3.63, 3.8) is 0 Å². The average molecular weight is 228 g/mol. The summed E-state index contributed by atoms with van der Waals surface area (Å²) in [4.78, 5) is 13.6. The zero-order chi connectivity index (χ0) is 12.0. The van der Waals surface area contributed by atoms with E-state index in [9.17, 15) is 4.79 Å². The van der Waals surface area contributed by atoms with Gasteiger partial charge in [-0.3, -0.25) is 4.79 Å². The molecule has 0 aromatic heterocycles. The summed E-state index contributed by atoms with van der Waals surface area (Å²) in [6.45, 7) is 2.80. The number of nitrogens with two attached hydrogens (primary N) is 1. The molecule has 0 spiro atoms. The van der Waals surface area contributed by atoms with Crippen LogP contribution in [-0.2, 0) is 9.53 Å². The summed E-state index contributed by atoms with van der Waals surface area (Å²) in [6, 6.07) is 0.0844. The van der Waals surface area contributed by atoms with Gasteiger partial charge in [0.1, 0.15) is 6.04 Å². The van der Waals surface area contributed by atoms with E-state index in [1.54, 1.807) is 6.92 Å². The largest absolute Gasteiger partial charge is 0.465 e. The van der Waals surface area contributed by atoms with Gasteiger partial charge in [-0.2, -0.15) is 0 Å². The van der Waals surface area contributed by atoms with Crippen molar-refractivity contribution in [1.82, 2.24) is 4.90 Å². The van der Waals surface area contributed by atoms with Crippen LogP contribution in [0.4, 0.5) is 0 Å². The Labute approximate surface area is 98.1 Å².